The maximum absolute atomic E-state index is 15.2. The summed E-state index contributed by atoms with van der Waals surface area (Å²) in [6.45, 7) is 3.86. The molecule has 2 aromatic heterocycles. The largest absolute Gasteiger partial charge is 0.493 e. The van der Waals surface area contributed by atoms with Gasteiger partial charge in [-0.15, -0.1) is 11.3 Å². The van der Waals surface area contributed by atoms with Crippen LogP contribution in [0, 0.1) is 5.82 Å². The number of hydrogen-bond donors (Lipinski definition) is 1. The van der Waals surface area contributed by atoms with Crippen LogP contribution in [0.4, 0.5) is 10.1 Å². The number of nitrogens with one attached hydrogen (secondary N) is 1. The summed E-state index contributed by atoms with van der Waals surface area (Å²) in [4.78, 5) is 7.07. The number of ether oxygens (including phenoxy) is 3. The Kier molecular flexibility index (Phi) is 8.64. The smallest absolute Gasteiger partial charge is 0.263 e. The minimum absolute atomic E-state index is 0.0616. The van der Waals surface area contributed by atoms with Crippen LogP contribution in [0.1, 0.15) is 25.7 Å². The van der Waals surface area contributed by atoms with Crippen LogP contribution in [0.25, 0.3) is 21.0 Å². The molecule has 0 saturated carbocycles. The number of thiophene rings is 1. The number of pyridine rings is 1. The third-order valence-corrected chi connectivity index (χ3v) is 9.98. The predicted octanol–water partition coefficient (Wildman–Crippen LogP) is 7.45. The Morgan fingerprint density at radius 2 is 1.79 bits per heavy atom. The number of anilines is 1. The molecule has 0 unspecified atom stereocenters. The fourth-order valence-corrected chi connectivity index (χ4v) is 7.83. The van der Waals surface area contributed by atoms with Crippen molar-refractivity contribution in [3.8, 4) is 23.0 Å². The zero-order valence-electron chi connectivity index (χ0n) is 23.7. The van der Waals surface area contributed by atoms with Crippen LogP contribution in [0.3, 0.4) is 0 Å². The SMILES string of the molecule is COc1cc2c(Oc3ccc(NS(=O)(=O)c4csc5ccccc45)cc3F)ccnc2cc1OCCCN1CCCCC1. The van der Waals surface area contributed by atoms with Crippen molar-refractivity contribution < 1.29 is 27.0 Å². The maximum Gasteiger partial charge on any atom is 0.263 e. The first-order valence-electron chi connectivity index (χ1n) is 14.2. The quantitative estimate of drug-likeness (QED) is 0.153. The molecule has 0 amide bonds. The molecule has 1 aliphatic heterocycles. The lowest BCUT2D eigenvalue weighted by atomic mass is 10.1. The molecule has 0 bridgehead atoms. The van der Waals surface area contributed by atoms with Crippen LogP contribution >= 0.6 is 11.3 Å². The molecule has 3 aromatic carbocycles. The van der Waals surface area contributed by atoms with E-state index in [1.54, 1.807) is 49.0 Å². The van der Waals surface area contributed by atoms with E-state index >= 15 is 4.39 Å². The van der Waals surface area contributed by atoms with Crippen LogP contribution in [0.15, 0.2) is 77.1 Å². The van der Waals surface area contributed by atoms with Crippen molar-refractivity contribution in [1.29, 1.82) is 0 Å². The first-order chi connectivity index (χ1) is 20.9. The van der Waals surface area contributed by atoms with Crippen molar-refractivity contribution >= 4 is 48.0 Å². The Bertz CT molecular complexity index is 1860. The van der Waals surface area contributed by atoms with Crippen molar-refractivity contribution in [3.63, 3.8) is 0 Å². The Hall–Kier alpha value is -3.93. The summed E-state index contributed by atoms with van der Waals surface area (Å²) < 4.78 is 62.3. The molecule has 0 aliphatic carbocycles. The summed E-state index contributed by atoms with van der Waals surface area (Å²) in [7, 11) is -2.36. The number of rotatable bonds is 11. The summed E-state index contributed by atoms with van der Waals surface area (Å²) in [5.41, 5.74) is 0.695. The molecule has 11 heteroatoms. The number of sulfonamides is 1. The van der Waals surface area contributed by atoms with Gasteiger partial charge < -0.3 is 19.1 Å². The number of fused-ring (bicyclic) bond motifs is 2. The highest BCUT2D eigenvalue weighted by atomic mass is 32.2. The van der Waals surface area contributed by atoms with Gasteiger partial charge in [0.1, 0.15) is 10.6 Å². The molecule has 1 aliphatic rings. The second-order valence-electron chi connectivity index (χ2n) is 10.4. The number of piperidine rings is 1. The van der Waals surface area contributed by atoms with Gasteiger partial charge in [0.15, 0.2) is 23.1 Å². The zero-order chi connectivity index (χ0) is 29.8. The summed E-state index contributed by atoms with van der Waals surface area (Å²) in [6, 6.07) is 16.4. The van der Waals surface area contributed by atoms with Gasteiger partial charge in [-0.25, -0.2) is 12.8 Å². The van der Waals surface area contributed by atoms with Gasteiger partial charge in [0.05, 0.1) is 24.9 Å². The number of nitrogens with zero attached hydrogens (tertiary/aromatic N) is 2. The highest BCUT2D eigenvalue weighted by Gasteiger charge is 2.20. The lowest BCUT2D eigenvalue weighted by Crippen LogP contribution is -2.31. The predicted molar refractivity (Wildman–Crippen MR) is 168 cm³/mol. The van der Waals surface area contributed by atoms with Crippen molar-refractivity contribution in [3.05, 3.63) is 78.1 Å². The van der Waals surface area contributed by atoms with Crippen molar-refractivity contribution in [2.75, 3.05) is 38.1 Å². The van der Waals surface area contributed by atoms with E-state index in [4.69, 9.17) is 14.2 Å². The molecule has 224 valence electrons. The minimum Gasteiger partial charge on any atom is -0.493 e. The molecule has 6 rings (SSSR count). The van der Waals surface area contributed by atoms with Crippen molar-refractivity contribution in [2.24, 2.45) is 0 Å². The molecule has 1 fully saturated rings. The number of hydrogen-bond acceptors (Lipinski definition) is 8. The standard InChI is InChI=1S/C32H32FN3O5S2/c1-39-29-19-24-26(20-30(29)40-17-7-16-36-14-5-2-6-15-36)34-13-12-27(24)41-28-11-10-22(18-25(28)33)35-43(37,38)32-21-42-31-9-4-3-8-23(31)32/h3-4,8-13,18-21,35H,2,5-7,14-17H2,1H3. The summed E-state index contributed by atoms with van der Waals surface area (Å²) >= 11 is 1.34. The summed E-state index contributed by atoms with van der Waals surface area (Å²) in [5, 5.41) is 2.82. The van der Waals surface area contributed by atoms with E-state index in [2.05, 4.69) is 14.6 Å². The molecule has 1 saturated heterocycles. The normalized spacial score (nSPS) is 14.2. The molecular formula is C32H32FN3O5S2. The summed E-state index contributed by atoms with van der Waals surface area (Å²) in [5.74, 6) is 0.695. The van der Waals surface area contributed by atoms with Gasteiger partial charge in [0, 0.05) is 45.7 Å². The lowest BCUT2D eigenvalue weighted by molar-refractivity contribution is 0.203. The first-order valence-corrected chi connectivity index (χ1v) is 16.6. The van der Waals surface area contributed by atoms with Crippen LogP contribution in [-0.4, -0.2) is 51.7 Å². The van der Waals surface area contributed by atoms with Gasteiger partial charge >= 0.3 is 0 Å². The van der Waals surface area contributed by atoms with E-state index in [9.17, 15) is 8.42 Å². The Balaban J connectivity index is 1.16. The van der Waals surface area contributed by atoms with Crippen molar-refractivity contribution in [2.45, 2.75) is 30.6 Å². The second kappa shape index (κ2) is 12.7. The van der Waals surface area contributed by atoms with Crippen LogP contribution in [0.5, 0.6) is 23.0 Å². The molecule has 5 aromatic rings. The molecule has 1 N–H and O–H groups in total. The molecule has 0 atom stereocenters. The van der Waals surface area contributed by atoms with Gasteiger partial charge in [-0.2, -0.15) is 0 Å². The van der Waals surface area contributed by atoms with E-state index < -0.39 is 15.8 Å². The number of likely N-dealkylation sites (tertiary alicyclic amines) is 1. The maximum atomic E-state index is 15.2. The van der Waals surface area contributed by atoms with E-state index in [1.807, 2.05) is 12.1 Å². The van der Waals surface area contributed by atoms with Crippen LogP contribution < -0.4 is 18.9 Å². The van der Waals surface area contributed by atoms with Gasteiger partial charge in [-0.1, -0.05) is 24.6 Å². The Morgan fingerprint density at radius 3 is 2.60 bits per heavy atom. The van der Waals surface area contributed by atoms with E-state index in [0.717, 1.165) is 36.8 Å². The molecule has 0 radical (unpaired) electrons. The summed E-state index contributed by atoms with van der Waals surface area (Å²) in [6.07, 6.45) is 6.32. The van der Waals surface area contributed by atoms with Gasteiger partial charge in [-0.05, 0) is 62.7 Å². The highest BCUT2D eigenvalue weighted by Crippen LogP contribution is 2.38. The molecule has 8 nitrogen and oxygen atoms in total. The zero-order valence-corrected chi connectivity index (χ0v) is 25.3. The highest BCUT2D eigenvalue weighted by molar-refractivity contribution is 7.93. The van der Waals surface area contributed by atoms with E-state index in [0.29, 0.717) is 40.1 Å². The number of methoxy groups -OCH3 is 1. The number of halogens is 1. The van der Waals surface area contributed by atoms with Gasteiger partial charge in [-0.3, -0.25) is 9.71 Å². The Labute approximate surface area is 254 Å². The lowest BCUT2D eigenvalue weighted by Gasteiger charge is -2.26. The third-order valence-electron chi connectivity index (χ3n) is 7.45. The van der Waals surface area contributed by atoms with Crippen LogP contribution in [-0.2, 0) is 10.0 Å². The van der Waals surface area contributed by atoms with Crippen molar-refractivity contribution in [1.82, 2.24) is 9.88 Å². The molecule has 0 spiro atoms. The monoisotopic (exact) mass is 621 g/mol. The first kappa shape index (κ1) is 29.2. The van der Waals surface area contributed by atoms with E-state index in [1.165, 1.54) is 42.7 Å². The minimum atomic E-state index is -3.92. The second-order valence-corrected chi connectivity index (χ2v) is 12.9. The van der Waals surface area contributed by atoms with Gasteiger partial charge in [0.2, 0.25) is 0 Å². The number of aromatic nitrogens is 1. The van der Waals surface area contributed by atoms with Gasteiger partial charge in [0.25, 0.3) is 10.0 Å². The molecule has 43 heavy (non-hydrogen) atoms. The van der Waals surface area contributed by atoms with Crippen LogP contribution in [0.2, 0.25) is 0 Å². The average molecular weight is 622 g/mol. The average Bonchev–Trinajstić information content (AvgIpc) is 3.46. The molecule has 3 heterocycles. The number of benzene rings is 3. The fourth-order valence-electron chi connectivity index (χ4n) is 5.28. The fraction of sp³-hybridized carbons (Fsp3) is 0.281. The van der Waals surface area contributed by atoms with E-state index in [-0.39, 0.29) is 16.3 Å². The molecular weight excluding hydrogens is 590 g/mol. The Morgan fingerprint density at radius 1 is 0.953 bits per heavy atom. The third kappa shape index (κ3) is 6.53. The topological polar surface area (TPSA) is 90.0 Å².